The molecule has 0 atom stereocenters. The predicted molar refractivity (Wildman–Crippen MR) is 72.6 cm³/mol. The first-order valence-electron chi connectivity index (χ1n) is 5.79. The molecule has 1 amide bonds. The van der Waals surface area contributed by atoms with Crippen LogP contribution in [0.3, 0.4) is 0 Å². The van der Waals surface area contributed by atoms with Crippen LogP contribution < -0.4 is 4.74 Å². The van der Waals surface area contributed by atoms with E-state index in [9.17, 15) is 4.79 Å². The molecule has 1 fully saturated rings. The van der Waals surface area contributed by atoms with Crippen LogP contribution in [0.5, 0.6) is 5.75 Å². The normalized spacial score (nSPS) is 15.6. The molecular formula is C12H12BrN3O3. The van der Waals surface area contributed by atoms with Gasteiger partial charge in [0.25, 0.3) is 0 Å². The fourth-order valence-electron chi connectivity index (χ4n) is 2.17. The summed E-state index contributed by atoms with van der Waals surface area (Å²) in [5.74, 6) is 0.735. The lowest BCUT2D eigenvalue weighted by molar-refractivity contribution is 0.0815. The molecule has 1 aliphatic rings. The molecule has 1 aromatic heterocycles. The summed E-state index contributed by atoms with van der Waals surface area (Å²) in [4.78, 5) is 12.1. The molecule has 19 heavy (non-hydrogen) atoms. The van der Waals surface area contributed by atoms with Gasteiger partial charge in [0.05, 0.1) is 23.1 Å². The summed E-state index contributed by atoms with van der Waals surface area (Å²) in [7, 11) is 1.61. The number of fused-ring (bicyclic) bond motifs is 1. The second kappa shape index (κ2) is 4.41. The minimum absolute atomic E-state index is 0.119. The Labute approximate surface area is 117 Å². The molecule has 1 N–H and O–H groups in total. The van der Waals surface area contributed by atoms with Crippen molar-refractivity contribution >= 4 is 32.9 Å². The van der Waals surface area contributed by atoms with E-state index in [0.29, 0.717) is 13.1 Å². The maximum Gasteiger partial charge on any atom is 0.407 e. The number of amides is 1. The lowest BCUT2D eigenvalue weighted by Gasteiger charge is -2.36. The van der Waals surface area contributed by atoms with Crippen molar-refractivity contribution in [3.05, 3.63) is 22.8 Å². The summed E-state index contributed by atoms with van der Waals surface area (Å²) in [5.41, 5.74) is 0.842. The maximum atomic E-state index is 10.7. The minimum atomic E-state index is -0.877. The molecule has 0 radical (unpaired) electrons. The zero-order valence-corrected chi connectivity index (χ0v) is 11.8. The molecule has 0 bridgehead atoms. The van der Waals surface area contributed by atoms with Crippen LogP contribution in [-0.4, -0.2) is 46.1 Å². The Hall–Kier alpha value is -1.76. The molecule has 2 heterocycles. The molecule has 1 aliphatic heterocycles. The quantitative estimate of drug-likeness (QED) is 0.920. The summed E-state index contributed by atoms with van der Waals surface area (Å²) in [5, 5.41) is 14.3. The predicted octanol–water partition coefficient (Wildman–Crippen LogP) is 2.34. The fourth-order valence-corrected chi connectivity index (χ4v) is 2.69. The van der Waals surface area contributed by atoms with Crippen molar-refractivity contribution in [3.8, 4) is 5.75 Å². The van der Waals surface area contributed by atoms with Gasteiger partial charge in [0.1, 0.15) is 5.75 Å². The van der Waals surface area contributed by atoms with Crippen LogP contribution >= 0.6 is 15.9 Å². The first-order valence-corrected chi connectivity index (χ1v) is 6.58. The molecule has 100 valence electrons. The van der Waals surface area contributed by atoms with Gasteiger partial charge in [-0.2, -0.15) is 5.10 Å². The molecular weight excluding hydrogens is 314 g/mol. The van der Waals surface area contributed by atoms with Crippen LogP contribution in [0, 0.1) is 0 Å². The van der Waals surface area contributed by atoms with Gasteiger partial charge in [-0.05, 0) is 22.0 Å². The Balaban J connectivity index is 1.89. The number of halogens is 1. The Bertz CT molecular complexity index is 649. The first-order chi connectivity index (χ1) is 9.08. The average molecular weight is 326 g/mol. The standard InChI is InChI=1S/C12H12BrN3O3/c1-19-11-3-10-7(2-9(11)13)4-16(14-10)8-5-15(6-8)12(17)18/h2-4,8H,5-6H2,1H3,(H,17,18). The smallest absolute Gasteiger partial charge is 0.407 e. The maximum absolute atomic E-state index is 10.7. The second-order valence-corrected chi connectivity index (χ2v) is 5.35. The molecule has 0 spiro atoms. The summed E-state index contributed by atoms with van der Waals surface area (Å²) in [6.07, 6.45) is 1.06. The van der Waals surface area contributed by atoms with Gasteiger partial charge in [-0.25, -0.2) is 4.79 Å². The number of carboxylic acid groups (broad SMARTS) is 1. The van der Waals surface area contributed by atoms with E-state index in [-0.39, 0.29) is 6.04 Å². The number of rotatable bonds is 2. The van der Waals surface area contributed by atoms with E-state index < -0.39 is 6.09 Å². The third-order valence-corrected chi connectivity index (χ3v) is 3.92. The zero-order chi connectivity index (χ0) is 13.6. The van der Waals surface area contributed by atoms with Gasteiger partial charge in [0, 0.05) is 30.7 Å². The van der Waals surface area contributed by atoms with Crippen LogP contribution in [0.15, 0.2) is 22.8 Å². The van der Waals surface area contributed by atoms with Crippen LogP contribution in [-0.2, 0) is 0 Å². The molecule has 6 nitrogen and oxygen atoms in total. The van der Waals surface area contributed by atoms with E-state index in [2.05, 4.69) is 21.0 Å². The van der Waals surface area contributed by atoms with Crippen LogP contribution in [0.2, 0.25) is 0 Å². The molecule has 7 heteroatoms. The van der Waals surface area contributed by atoms with Crippen molar-refractivity contribution in [2.75, 3.05) is 20.2 Å². The number of nitrogens with zero attached hydrogens (tertiary/aromatic N) is 3. The summed E-state index contributed by atoms with van der Waals surface area (Å²) < 4.78 is 7.94. The lowest BCUT2D eigenvalue weighted by atomic mass is 10.1. The van der Waals surface area contributed by atoms with Crippen molar-refractivity contribution in [2.24, 2.45) is 0 Å². The number of benzene rings is 1. The Morgan fingerprint density at radius 2 is 2.26 bits per heavy atom. The van der Waals surface area contributed by atoms with Crippen molar-refractivity contribution in [1.29, 1.82) is 0 Å². The SMILES string of the molecule is COc1cc2nn(C3CN(C(=O)O)C3)cc2cc1Br. The third-order valence-electron chi connectivity index (χ3n) is 3.30. The summed E-state index contributed by atoms with van der Waals surface area (Å²) in [6, 6.07) is 3.93. The van der Waals surface area contributed by atoms with Gasteiger partial charge < -0.3 is 14.7 Å². The second-order valence-electron chi connectivity index (χ2n) is 4.50. The highest BCUT2D eigenvalue weighted by molar-refractivity contribution is 9.10. The van der Waals surface area contributed by atoms with E-state index in [1.165, 1.54) is 4.90 Å². The lowest BCUT2D eigenvalue weighted by Crippen LogP contribution is -2.50. The van der Waals surface area contributed by atoms with Crippen LogP contribution in [0.1, 0.15) is 6.04 Å². The molecule has 0 unspecified atom stereocenters. The number of hydrogen-bond donors (Lipinski definition) is 1. The van der Waals surface area contributed by atoms with Gasteiger partial charge in [-0.1, -0.05) is 0 Å². The number of hydrogen-bond acceptors (Lipinski definition) is 3. The first kappa shape index (κ1) is 12.3. The number of methoxy groups -OCH3 is 1. The minimum Gasteiger partial charge on any atom is -0.495 e. The Morgan fingerprint density at radius 1 is 1.53 bits per heavy atom. The molecule has 1 aromatic carbocycles. The monoisotopic (exact) mass is 325 g/mol. The topological polar surface area (TPSA) is 67.6 Å². The number of ether oxygens (including phenoxy) is 1. The van der Waals surface area contributed by atoms with Gasteiger partial charge in [-0.15, -0.1) is 0 Å². The molecule has 1 saturated heterocycles. The largest absolute Gasteiger partial charge is 0.495 e. The van der Waals surface area contributed by atoms with Crippen molar-refractivity contribution in [2.45, 2.75) is 6.04 Å². The highest BCUT2D eigenvalue weighted by Crippen LogP contribution is 2.31. The molecule has 3 rings (SSSR count). The van der Waals surface area contributed by atoms with Gasteiger partial charge in [0.2, 0.25) is 0 Å². The van der Waals surface area contributed by atoms with E-state index in [0.717, 1.165) is 21.1 Å². The highest BCUT2D eigenvalue weighted by atomic mass is 79.9. The molecule has 0 saturated carbocycles. The van der Waals surface area contributed by atoms with E-state index in [4.69, 9.17) is 9.84 Å². The highest BCUT2D eigenvalue weighted by Gasteiger charge is 2.32. The van der Waals surface area contributed by atoms with Crippen LogP contribution in [0.4, 0.5) is 4.79 Å². The fraction of sp³-hybridized carbons (Fsp3) is 0.333. The van der Waals surface area contributed by atoms with E-state index >= 15 is 0 Å². The number of aromatic nitrogens is 2. The van der Waals surface area contributed by atoms with E-state index in [1.54, 1.807) is 7.11 Å². The Morgan fingerprint density at radius 3 is 2.89 bits per heavy atom. The number of carbonyl (C=O) groups is 1. The van der Waals surface area contributed by atoms with Crippen LogP contribution in [0.25, 0.3) is 10.9 Å². The zero-order valence-electron chi connectivity index (χ0n) is 10.2. The van der Waals surface area contributed by atoms with Gasteiger partial charge in [0.15, 0.2) is 0 Å². The average Bonchev–Trinajstić information content (AvgIpc) is 2.67. The van der Waals surface area contributed by atoms with E-state index in [1.807, 2.05) is 23.0 Å². The van der Waals surface area contributed by atoms with Crippen molar-refractivity contribution < 1.29 is 14.6 Å². The summed E-state index contributed by atoms with van der Waals surface area (Å²) in [6.45, 7) is 0.975. The van der Waals surface area contributed by atoms with Crippen molar-refractivity contribution in [3.63, 3.8) is 0 Å². The molecule has 0 aliphatic carbocycles. The third kappa shape index (κ3) is 2.03. The van der Waals surface area contributed by atoms with Crippen molar-refractivity contribution in [1.82, 2.24) is 14.7 Å². The van der Waals surface area contributed by atoms with Gasteiger partial charge in [-0.3, -0.25) is 4.68 Å². The Kier molecular flexibility index (Phi) is 2.85. The van der Waals surface area contributed by atoms with Gasteiger partial charge >= 0.3 is 6.09 Å². The number of likely N-dealkylation sites (tertiary alicyclic amines) is 1. The summed E-state index contributed by atoms with van der Waals surface area (Å²) >= 11 is 3.44. The molecule has 2 aromatic rings.